The van der Waals surface area contributed by atoms with E-state index in [1.165, 1.54) is 5.17 Å². The van der Waals surface area contributed by atoms with Crippen molar-refractivity contribution in [2.45, 2.75) is 12.2 Å². The van der Waals surface area contributed by atoms with Crippen LogP contribution in [0.3, 0.4) is 0 Å². The lowest BCUT2D eigenvalue weighted by Gasteiger charge is -2.16. The molecular weight excluding hydrogens is 224 g/mol. The van der Waals surface area contributed by atoms with Crippen LogP contribution in [0.5, 0.6) is 0 Å². The number of nitrogens with zero attached hydrogens (tertiary/aromatic N) is 2. The van der Waals surface area contributed by atoms with Gasteiger partial charge in [0.15, 0.2) is 5.17 Å². The molecule has 2 rings (SSSR count). The van der Waals surface area contributed by atoms with Crippen LogP contribution in [0.25, 0.3) is 0 Å². The Morgan fingerprint density at radius 1 is 1.73 bits per heavy atom. The van der Waals surface area contributed by atoms with E-state index in [0.29, 0.717) is 0 Å². The second-order valence-electron chi connectivity index (χ2n) is 2.63. The number of fused-ring (bicyclic) bond motifs is 1. The maximum atomic E-state index is 4.27. The standard InChI is InChI=1S/C7H10N2S.BrH/c1-6-5-9-4-2-3-8-7(9)10-6;/h2-3,6H,4-5H2,1H3;1H. The lowest BCUT2D eigenvalue weighted by atomic mass is 10.4. The number of hydrogen-bond acceptors (Lipinski definition) is 3. The van der Waals surface area contributed by atoms with Crippen LogP contribution in [-0.2, 0) is 0 Å². The van der Waals surface area contributed by atoms with Gasteiger partial charge in [-0.05, 0) is 6.08 Å². The van der Waals surface area contributed by atoms with Crippen LogP contribution < -0.4 is 0 Å². The van der Waals surface area contributed by atoms with E-state index in [2.05, 4.69) is 22.9 Å². The summed E-state index contributed by atoms with van der Waals surface area (Å²) in [7, 11) is 0. The van der Waals surface area contributed by atoms with Crippen LogP contribution in [0.4, 0.5) is 0 Å². The summed E-state index contributed by atoms with van der Waals surface area (Å²) in [6.07, 6.45) is 4.00. The van der Waals surface area contributed by atoms with Gasteiger partial charge in [0, 0.05) is 24.5 Å². The zero-order valence-electron chi connectivity index (χ0n) is 6.36. The minimum absolute atomic E-state index is 0. The maximum absolute atomic E-state index is 4.27. The smallest absolute Gasteiger partial charge is 0.164 e. The minimum atomic E-state index is 0. The molecule has 1 saturated heterocycles. The first-order valence-electron chi connectivity index (χ1n) is 3.50. The van der Waals surface area contributed by atoms with Crippen LogP contribution in [0, 0.1) is 0 Å². The van der Waals surface area contributed by atoms with Crippen LogP contribution >= 0.6 is 28.7 Å². The highest BCUT2D eigenvalue weighted by Crippen LogP contribution is 2.26. The third-order valence-electron chi connectivity index (χ3n) is 1.67. The number of aliphatic imine (C=N–C) groups is 1. The van der Waals surface area contributed by atoms with E-state index in [4.69, 9.17) is 0 Å². The Morgan fingerprint density at radius 3 is 3.27 bits per heavy atom. The molecule has 0 radical (unpaired) electrons. The van der Waals surface area contributed by atoms with E-state index >= 15 is 0 Å². The summed E-state index contributed by atoms with van der Waals surface area (Å²) >= 11 is 1.87. The molecule has 1 atom stereocenters. The zero-order chi connectivity index (χ0) is 6.97. The van der Waals surface area contributed by atoms with Crippen LogP contribution in [0.1, 0.15) is 6.92 Å². The van der Waals surface area contributed by atoms with E-state index in [9.17, 15) is 0 Å². The molecule has 1 unspecified atom stereocenters. The summed E-state index contributed by atoms with van der Waals surface area (Å²) in [6, 6.07) is 0. The molecule has 2 heterocycles. The fraction of sp³-hybridized carbons (Fsp3) is 0.571. The molecule has 0 aliphatic carbocycles. The maximum Gasteiger partial charge on any atom is 0.164 e. The third-order valence-corrected chi connectivity index (χ3v) is 2.80. The zero-order valence-corrected chi connectivity index (χ0v) is 8.89. The first kappa shape index (κ1) is 9.13. The van der Waals surface area contributed by atoms with Crippen LogP contribution in [0.15, 0.2) is 17.3 Å². The van der Waals surface area contributed by atoms with Crippen molar-refractivity contribution >= 4 is 33.9 Å². The van der Waals surface area contributed by atoms with Gasteiger partial charge in [0.2, 0.25) is 0 Å². The van der Waals surface area contributed by atoms with Gasteiger partial charge in [-0.15, -0.1) is 17.0 Å². The number of hydrogen-bond donors (Lipinski definition) is 0. The molecule has 0 aromatic carbocycles. The molecule has 4 heteroatoms. The monoisotopic (exact) mass is 234 g/mol. The van der Waals surface area contributed by atoms with Gasteiger partial charge >= 0.3 is 0 Å². The van der Waals surface area contributed by atoms with Gasteiger partial charge in [0.05, 0.1) is 0 Å². The number of rotatable bonds is 0. The van der Waals surface area contributed by atoms with Crippen molar-refractivity contribution < 1.29 is 0 Å². The molecule has 0 aromatic heterocycles. The van der Waals surface area contributed by atoms with Gasteiger partial charge in [-0.1, -0.05) is 18.7 Å². The Kier molecular flexibility index (Phi) is 3.01. The third kappa shape index (κ3) is 1.79. The SMILES string of the molecule is Br.CC1CN2CC=CN=C2S1. The molecule has 0 amide bonds. The lowest BCUT2D eigenvalue weighted by Crippen LogP contribution is -2.26. The van der Waals surface area contributed by atoms with Crippen molar-refractivity contribution in [2.24, 2.45) is 4.99 Å². The van der Waals surface area contributed by atoms with Gasteiger partial charge in [0.25, 0.3) is 0 Å². The van der Waals surface area contributed by atoms with Gasteiger partial charge in [-0.2, -0.15) is 0 Å². The molecule has 2 nitrogen and oxygen atoms in total. The van der Waals surface area contributed by atoms with Crippen molar-refractivity contribution in [3.63, 3.8) is 0 Å². The molecule has 0 N–H and O–H groups in total. The first-order chi connectivity index (χ1) is 4.86. The molecule has 0 spiro atoms. The molecule has 1 fully saturated rings. The van der Waals surface area contributed by atoms with E-state index in [-0.39, 0.29) is 17.0 Å². The van der Waals surface area contributed by atoms with Crippen molar-refractivity contribution in [2.75, 3.05) is 13.1 Å². The van der Waals surface area contributed by atoms with Crippen molar-refractivity contribution in [1.82, 2.24) is 4.90 Å². The molecule has 0 bridgehead atoms. The predicted octanol–water partition coefficient (Wildman–Crippen LogP) is 1.88. The summed E-state index contributed by atoms with van der Waals surface area (Å²) in [4.78, 5) is 6.58. The molecule has 0 aromatic rings. The Balaban J connectivity index is 0.000000605. The molecule has 2 aliphatic heterocycles. The molecule has 2 aliphatic rings. The van der Waals surface area contributed by atoms with E-state index in [1.54, 1.807) is 0 Å². The van der Waals surface area contributed by atoms with E-state index in [1.807, 2.05) is 18.0 Å². The van der Waals surface area contributed by atoms with Gasteiger partial charge < -0.3 is 4.90 Å². The average Bonchev–Trinajstić information content (AvgIpc) is 2.27. The minimum Gasteiger partial charge on any atom is -0.346 e. The summed E-state index contributed by atoms with van der Waals surface area (Å²) in [6.45, 7) is 4.45. The molecule has 0 saturated carbocycles. The van der Waals surface area contributed by atoms with Crippen molar-refractivity contribution in [3.05, 3.63) is 12.3 Å². The summed E-state index contributed by atoms with van der Waals surface area (Å²) in [5.74, 6) is 0. The highest BCUT2D eigenvalue weighted by Gasteiger charge is 2.25. The summed E-state index contributed by atoms with van der Waals surface area (Å²) in [5.41, 5.74) is 0. The lowest BCUT2D eigenvalue weighted by molar-refractivity contribution is 0.483. The number of halogens is 1. The molecular formula is C7H11BrN2S. The van der Waals surface area contributed by atoms with E-state index < -0.39 is 0 Å². The van der Waals surface area contributed by atoms with Gasteiger partial charge in [0.1, 0.15) is 0 Å². The largest absolute Gasteiger partial charge is 0.346 e. The van der Waals surface area contributed by atoms with Crippen molar-refractivity contribution in [1.29, 1.82) is 0 Å². The Labute approximate surface area is 81.5 Å². The number of amidine groups is 1. The highest BCUT2D eigenvalue weighted by atomic mass is 79.9. The predicted molar refractivity (Wildman–Crippen MR) is 55.5 cm³/mol. The topological polar surface area (TPSA) is 15.6 Å². The van der Waals surface area contributed by atoms with Gasteiger partial charge in [-0.25, -0.2) is 4.99 Å². The van der Waals surface area contributed by atoms with E-state index in [0.717, 1.165) is 18.3 Å². The Morgan fingerprint density at radius 2 is 2.55 bits per heavy atom. The second-order valence-corrected chi connectivity index (χ2v) is 4.04. The first-order valence-corrected chi connectivity index (χ1v) is 4.38. The quantitative estimate of drug-likeness (QED) is 0.637. The highest BCUT2D eigenvalue weighted by molar-refractivity contribution is 8.93. The normalized spacial score (nSPS) is 27.5. The molecule has 11 heavy (non-hydrogen) atoms. The van der Waals surface area contributed by atoms with Gasteiger partial charge in [-0.3, -0.25) is 0 Å². The fourth-order valence-electron chi connectivity index (χ4n) is 1.24. The Bertz CT molecular complexity index is 203. The Hall–Kier alpha value is 0.0400. The average molecular weight is 235 g/mol. The fourth-order valence-corrected chi connectivity index (χ4v) is 2.27. The summed E-state index contributed by atoms with van der Waals surface area (Å²) < 4.78 is 0. The molecule has 62 valence electrons. The summed E-state index contributed by atoms with van der Waals surface area (Å²) in [5, 5.41) is 1.92. The van der Waals surface area contributed by atoms with Crippen LogP contribution in [0.2, 0.25) is 0 Å². The number of thioether (sulfide) groups is 1. The second kappa shape index (κ2) is 3.63. The van der Waals surface area contributed by atoms with Crippen LogP contribution in [-0.4, -0.2) is 28.4 Å². The van der Waals surface area contributed by atoms with Crippen molar-refractivity contribution in [3.8, 4) is 0 Å².